The lowest BCUT2D eigenvalue weighted by Crippen LogP contribution is -2.12. The van der Waals surface area contributed by atoms with E-state index in [1.54, 1.807) is 22.8 Å². The highest BCUT2D eigenvalue weighted by Crippen LogP contribution is 2.27. The van der Waals surface area contributed by atoms with Gasteiger partial charge >= 0.3 is 0 Å². The molecule has 0 aliphatic carbocycles. The summed E-state index contributed by atoms with van der Waals surface area (Å²) in [5, 5.41) is 9.22. The summed E-state index contributed by atoms with van der Waals surface area (Å²) in [6.07, 6.45) is 0. The van der Waals surface area contributed by atoms with E-state index in [1.807, 2.05) is 6.92 Å². The normalized spacial score (nSPS) is 10.4. The minimum Gasteiger partial charge on any atom is -0.475 e. The molecule has 0 aliphatic rings. The highest BCUT2D eigenvalue weighted by Gasteiger charge is 2.15. The summed E-state index contributed by atoms with van der Waals surface area (Å²) in [5.74, 6) is 0.0791. The summed E-state index contributed by atoms with van der Waals surface area (Å²) in [5.41, 5.74) is 7.38. The number of nitrogens with two attached hydrogens (primary N) is 1. The Balaban J connectivity index is 2.22. The van der Waals surface area contributed by atoms with Gasteiger partial charge in [-0.3, -0.25) is 4.57 Å². The van der Waals surface area contributed by atoms with Crippen LogP contribution in [0.3, 0.4) is 0 Å². The fraction of sp³-hybridized carbons (Fsp3) is 0.312. The van der Waals surface area contributed by atoms with Crippen molar-refractivity contribution in [2.24, 2.45) is 0 Å². The standard InChI is InChI=1S/C16H18FN3O2/c1-2-21-6-7-22-16-15(19)9-14(10-18)20(16)11-12-4-3-5-13(17)8-12/h3-5,8-9H,2,6-7,11,19H2,1H3. The molecule has 0 aliphatic heterocycles. The van der Waals surface area contributed by atoms with Gasteiger partial charge in [0.15, 0.2) is 0 Å². The van der Waals surface area contributed by atoms with Gasteiger partial charge in [0.25, 0.3) is 0 Å². The molecule has 5 nitrogen and oxygen atoms in total. The molecule has 0 radical (unpaired) electrons. The van der Waals surface area contributed by atoms with Crippen LogP contribution in [-0.2, 0) is 11.3 Å². The number of hydrogen-bond acceptors (Lipinski definition) is 4. The predicted octanol–water partition coefficient (Wildman–Crippen LogP) is 2.54. The van der Waals surface area contributed by atoms with Crippen molar-refractivity contribution in [1.82, 2.24) is 4.57 Å². The van der Waals surface area contributed by atoms with Gasteiger partial charge in [-0.25, -0.2) is 4.39 Å². The SMILES string of the molecule is CCOCCOc1c(N)cc(C#N)n1Cc1cccc(F)c1. The number of nitrogen functional groups attached to an aromatic ring is 1. The number of benzene rings is 1. The van der Waals surface area contributed by atoms with E-state index in [1.165, 1.54) is 12.1 Å². The van der Waals surface area contributed by atoms with E-state index >= 15 is 0 Å². The van der Waals surface area contributed by atoms with Crippen LogP contribution >= 0.6 is 0 Å². The molecule has 2 aromatic rings. The zero-order valence-corrected chi connectivity index (χ0v) is 12.4. The van der Waals surface area contributed by atoms with Crippen LogP contribution in [0.2, 0.25) is 0 Å². The van der Waals surface area contributed by atoms with Gasteiger partial charge in [0.05, 0.1) is 18.8 Å². The van der Waals surface area contributed by atoms with Crippen molar-refractivity contribution in [2.45, 2.75) is 13.5 Å². The summed E-state index contributed by atoms with van der Waals surface area (Å²) in [4.78, 5) is 0. The highest BCUT2D eigenvalue weighted by atomic mass is 19.1. The van der Waals surface area contributed by atoms with Crippen molar-refractivity contribution >= 4 is 5.69 Å². The van der Waals surface area contributed by atoms with E-state index in [9.17, 15) is 9.65 Å². The van der Waals surface area contributed by atoms with Crippen LogP contribution in [0.5, 0.6) is 5.88 Å². The van der Waals surface area contributed by atoms with Crippen LogP contribution in [0.15, 0.2) is 30.3 Å². The van der Waals surface area contributed by atoms with Crippen molar-refractivity contribution in [1.29, 1.82) is 5.26 Å². The maximum absolute atomic E-state index is 13.3. The Hall–Kier alpha value is -2.52. The minimum absolute atomic E-state index is 0.307. The molecule has 0 saturated carbocycles. The summed E-state index contributed by atoms with van der Waals surface area (Å²) in [6.45, 7) is 3.57. The first kappa shape index (κ1) is 15.9. The van der Waals surface area contributed by atoms with Crippen molar-refractivity contribution in [3.05, 3.63) is 47.4 Å². The van der Waals surface area contributed by atoms with E-state index in [0.29, 0.717) is 43.6 Å². The second-order valence-corrected chi connectivity index (χ2v) is 4.66. The topological polar surface area (TPSA) is 73.2 Å². The molecule has 2 rings (SSSR count). The summed E-state index contributed by atoms with van der Waals surface area (Å²) in [7, 11) is 0. The first-order valence-electron chi connectivity index (χ1n) is 6.99. The first-order chi connectivity index (χ1) is 10.7. The van der Waals surface area contributed by atoms with Crippen LogP contribution in [0.4, 0.5) is 10.1 Å². The van der Waals surface area contributed by atoms with E-state index in [4.69, 9.17) is 15.2 Å². The average molecular weight is 303 g/mol. The number of nitriles is 1. The smallest absolute Gasteiger partial charge is 0.218 e. The van der Waals surface area contributed by atoms with Crippen LogP contribution in [-0.4, -0.2) is 24.4 Å². The van der Waals surface area contributed by atoms with E-state index in [2.05, 4.69) is 6.07 Å². The van der Waals surface area contributed by atoms with Crippen LogP contribution < -0.4 is 10.5 Å². The second kappa shape index (κ2) is 7.48. The Morgan fingerprint density at radius 3 is 2.82 bits per heavy atom. The minimum atomic E-state index is -0.324. The lowest BCUT2D eigenvalue weighted by molar-refractivity contribution is 0.107. The fourth-order valence-electron chi connectivity index (χ4n) is 2.12. The Morgan fingerprint density at radius 1 is 1.32 bits per heavy atom. The van der Waals surface area contributed by atoms with Crippen molar-refractivity contribution in [3.8, 4) is 11.9 Å². The van der Waals surface area contributed by atoms with Gasteiger partial charge in [0, 0.05) is 12.7 Å². The Labute approximate surface area is 128 Å². The van der Waals surface area contributed by atoms with Crippen molar-refractivity contribution in [3.63, 3.8) is 0 Å². The molecule has 0 spiro atoms. The van der Waals surface area contributed by atoms with Crippen LogP contribution in [0, 0.1) is 17.1 Å². The van der Waals surface area contributed by atoms with Crippen molar-refractivity contribution < 1.29 is 13.9 Å². The maximum atomic E-state index is 13.3. The molecular weight excluding hydrogens is 285 g/mol. The molecule has 0 saturated heterocycles. The summed E-state index contributed by atoms with van der Waals surface area (Å²) in [6, 6.07) is 9.82. The number of halogens is 1. The molecule has 1 heterocycles. The Bertz CT molecular complexity index is 677. The number of rotatable bonds is 7. The summed E-state index contributed by atoms with van der Waals surface area (Å²) < 4.78 is 25.8. The molecule has 1 aromatic carbocycles. The monoisotopic (exact) mass is 303 g/mol. The average Bonchev–Trinajstić information content (AvgIpc) is 2.79. The number of ether oxygens (including phenoxy) is 2. The second-order valence-electron chi connectivity index (χ2n) is 4.66. The lowest BCUT2D eigenvalue weighted by atomic mass is 10.2. The number of anilines is 1. The molecule has 0 atom stereocenters. The molecule has 0 fully saturated rings. The lowest BCUT2D eigenvalue weighted by Gasteiger charge is -2.13. The zero-order chi connectivity index (χ0) is 15.9. The van der Waals surface area contributed by atoms with Gasteiger partial charge in [-0.2, -0.15) is 5.26 Å². The van der Waals surface area contributed by atoms with Crippen LogP contribution in [0.1, 0.15) is 18.2 Å². The Kier molecular flexibility index (Phi) is 5.39. The third kappa shape index (κ3) is 3.77. The molecule has 22 heavy (non-hydrogen) atoms. The molecule has 0 unspecified atom stereocenters. The molecular formula is C16H18FN3O2. The molecule has 1 aromatic heterocycles. The quantitative estimate of drug-likeness (QED) is 0.798. The van der Waals surface area contributed by atoms with Gasteiger partial charge < -0.3 is 15.2 Å². The first-order valence-corrected chi connectivity index (χ1v) is 6.99. The van der Waals surface area contributed by atoms with Gasteiger partial charge in [-0.1, -0.05) is 12.1 Å². The number of aromatic nitrogens is 1. The Morgan fingerprint density at radius 2 is 2.14 bits per heavy atom. The van der Waals surface area contributed by atoms with E-state index in [0.717, 1.165) is 5.56 Å². The van der Waals surface area contributed by atoms with Gasteiger partial charge in [-0.05, 0) is 24.6 Å². The molecule has 116 valence electrons. The highest BCUT2D eigenvalue weighted by molar-refractivity contribution is 5.55. The largest absolute Gasteiger partial charge is 0.475 e. The predicted molar refractivity (Wildman–Crippen MR) is 81.0 cm³/mol. The van der Waals surface area contributed by atoms with Crippen LogP contribution in [0.25, 0.3) is 0 Å². The molecule has 0 bridgehead atoms. The maximum Gasteiger partial charge on any atom is 0.218 e. The third-order valence-electron chi connectivity index (χ3n) is 3.09. The third-order valence-corrected chi connectivity index (χ3v) is 3.09. The van der Waals surface area contributed by atoms with E-state index < -0.39 is 0 Å². The molecule has 2 N–H and O–H groups in total. The van der Waals surface area contributed by atoms with Crippen molar-refractivity contribution in [2.75, 3.05) is 25.6 Å². The van der Waals surface area contributed by atoms with Gasteiger partial charge in [0.1, 0.15) is 24.2 Å². The van der Waals surface area contributed by atoms with Gasteiger partial charge in [0.2, 0.25) is 5.88 Å². The number of nitrogens with zero attached hydrogens (tertiary/aromatic N) is 2. The van der Waals surface area contributed by atoms with Gasteiger partial charge in [-0.15, -0.1) is 0 Å². The molecule has 0 amide bonds. The zero-order valence-electron chi connectivity index (χ0n) is 12.4. The number of hydrogen-bond donors (Lipinski definition) is 1. The fourth-order valence-corrected chi connectivity index (χ4v) is 2.12. The molecule has 6 heteroatoms. The van der Waals surface area contributed by atoms with E-state index in [-0.39, 0.29) is 5.82 Å². The summed E-state index contributed by atoms with van der Waals surface area (Å²) >= 11 is 0.